The van der Waals surface area contributed by atoms with Gasteiger partial charge in [-0.05, 0) is 17.7 Å². The van der Waals surface area contributed by atoms with Gasteiger partial charge in [0.05, 0.1) is 11.6 Å². The number of nitrogens with one attached hydrogen (secondary N) is 1. The maximum absolute atomic E-state index is 12.6. The molecule has 3 N–H and O–H groups in total. The van der Waals surface area contributed by atoms with Crippen LogP contribution in [0.3, 0.4) is 0 Å². The number of ether oxygens (including phenoxy) is 2. The fraction of sp³-hybridized carbons (Fsp3) is 0.278. The van der Waals surface area contributed by atoms with Gasteiger partial charge in [-0.3, -0.25) is 4.79 Å². The Kier molecular flexibility index (Phi) is 9.01. The number of benzene rings is 2. The average Bonchev–Trinajstić information content (AvgIpc) is 2.62. The number of carbonyl (C=O) groups excluding carboxylic acids is 1. The maximum atomic E-state index is 12.6. The lowest BCUT2D eigenvalue weighted by atomic mass is 9.94. The van der Waals surface area contributed by atoms with E-state index in [9.17, 15) is 22.4 Å². The molecule has 2 aromatic carbocycles. The zero-order chi connectivity index (χ0) is 20.0. The number of hydrogen-bond acceptors (Lipinski definition) is 4. The maximum Gasteiger partial charge on any atom is 0.387 e. The zero-order valence-corrected chi connectivity index (χ0v) is 15.5. The Hall–Kier alpha value is -2.52. The predicted octanol–water partition coefficient (Wildman–Crippen LogP) is 4.59. The summed E-state index contributed by atoms with van der Waals surface area (Å²) in [5.74, 6) is -2.14. The molecule has 0 aromatic heterocycles. The molecule has 0 saturated carbocycles. The number of hydrogen-bond donors (Lipinski definition) is 2. The highest BCUT2D eigenvalue weighted by molar-refractivity contribution is 5.94. The molecule has 1 amide bonds. The molecule has 154 valence electrons. The van der Waals surface area contributed by atoms with Crippen LogP contribution in [0.15, 0.2) is 48.5 Å². The molecule has 2 unspecified atom stereocenters. The van der Waals surface area contributed by atoms with E-state index < -0.39 is 36.8 Å². The van der Waals surface area contributed by atoms with Crippen LogP contribution >= 0.6 is 12.4 Å². The van der Waals surface area contributed by atoms with Crippen LogP contribution in [0, 0.1) is 5.92 Å². The van der Waals surface area contributed by atoms with Crippen LogP contribution in [0.4, 0.5) is 23.2 Å². The van der Waals surface area contributed by atoms with Gasteiger partial charge < -0.3 is 20.5 Å². The van der Waals surface area contributed by atoms with Gasteiger partial charge in [-0.25, -0.2) is 0 Å². The van der Waals surface area contributed by atoms with Crippen molar-refractivity contribution in [2.75, 3.05) is 5.32 Å². The molecule has 0 saturated heterocycles. The molecule has 28 heavy (non-hydrogen) atoms. The highest BCUT2D eigenvalue weighted by atomic mass is 35.5. The molecular weight excluding hydrogens is 404 g/mol. The van der Waals surface area contributed by atoms with Gasteiger partial charge in [0, 0.05) is 12.1 Å². The average molecular weight is 423 g/mol. The molecule has 10 heteroatoms. The van der Waals surface area contributed by atoms with Gasteiger partial charge in [0.1, 0.15) is 5.75 Å². The molecule has 0 aliphatic rings. The van der Waals surface area contributed by atoms with Gasteiger partial charge in [-0.1, -0.05) is 37.3 Å². The second kappa shape index (κ2) is 10.7. The van der Waals surface area contributed by atoms with Crippen LogP contribution in [0.2, 0.25) is 0 Å². The number of nitrogens with two attached hydrogens (primary N) is 1. The first-order chi connectivity index (χ1) is 12.8. The minimum atomic E-state index is -3.22. The lowest BCUT2D eigenvalue weighted by Gasteiger charge is -2.21. The Morgan fingerprint density at radius 2 is 1.61 bits per heavy atom. The third-order valence-electron chi connectivity index (χ3n) is 3.79. The summed E-state index contributed by atoms with van der Waals surface area (Å²) in [7, 11) is 0. The molecule has 5 nitrogen and oxygen atoms in total. The SMILES string of the molecule is CC(C(=O)Nc1ccc(OC(F)F)cc1OC(F)F)C(N)c1ccccc1.Cl. The molecule has 2 rings (SSSR count). The summed E-state index contributed by atoms with van der Waals surface area (Å²) >= 11 is 0. The Morgan fingerprint density at radius 3 is 2.18 bits per heavy atom. The predicted molar refractivity (Wildman–Crippen MR) is 98.1 cm³/mol. The first-order valence-electron chi connectivity index (χ1n) is 7.93. The molecule has 0 radical (unpaired) electrons. The summed E-state index contributed by atoms with van der Waals surface area (Å²) in [4.78, 5) is 12.4. The van der Waals surface area contributed by atoms with E-state index in [1.165, 1.54) is 0 Å². The Morgan fingerprint density at radius 1 is 1.00 bits per heavy atom. The van der Waals surface area contributed by atoms with E-state index in [-0.39, 0.29) is 23.8 Å². The third kappa shape index (κ3) is 6.58. The van der Waals surface area contributed by atoms with E-state index in [1.54, 1.807) is 37.3 Å². The van der Waals surface area contributed by atoms with Crippen LogP contribution in [-0.2, 0) is 4.79 Å². The van der Waals surface area contributed by atoms with Gasteiger partial charge in [-0.15, -0.1) is 12.4 Å². The number of anilines is 1. The van der Waals surface area contributed by atoms with Crippen molar-refractivity contribution in [3.8, 4) is 11.5 Å². The number of alkyl halides is 4. The molecule has 0 aliphatic heterocycles. The first-order valence-corrected chi connectivity index (χ1v) is 7.93. The second-order valence-corrected chi connectivity index (χ2v) is 5.63. The van der Waals surface area contributed by atoms with E-state index >= 15 is 0 Å². The molecule has 0 bridgehead atoms. The fourth-order valence-corrected chi connectivity index (χ4v) is 2.35. The standard InChI is InChI=1S/C18H18F4N2O3.ClH/c1-10(15(23)11-5-3-2-4-6-11)16(25)24-13-8-7-12(26-17(19)20)9-14(13)27-18(21)22;/h2-10,15,17-18H,23H2,1H3,(H,24,25);1H. The molecular formula is C18H19ClF4N2O3. The summed E-state index contributed by atoms with van der Waals surface area (Å²) in [6.45, 7) is -4.77. The zero-order valence-electron chi connectivity index (χ0n) is 14.7. The fourth-order valence-electron chi connectivity index (χ4n) is 2.35. The van der Waals surface area contributed by atoms with Crippen molar-refractivity contribution in [2.24, 2.45) is 11.7 Å². The van der Waals surface area contributed by atoms with Crippen LogP contribution in [0.1, 0.15) is 18.5 Å². The van der Waals surface area contributed by atoms with Crippen molar-refractivity contribution in [1.82, 2.24) is 0 Å². The van der Waals surface area contributed by atoms with Gasteiger partial charge in [0.2, 0.25) is 5.91 Å². The van der Waals surface area contributed by atoms with Crippen molar-refractivity contribution in [2.45, 2.75) is 26.2 Å². The minimum absolute atomic E-state index is 0. The van der Waals surface area contributed by atoms with Gasteiger partial charge in [-0.2, -0.15) is 17.6 Å². The van der Waals surface area contributed by atoms with E-state index in [1.807, 2.05) is 0 Å². The largest absolute Gasteiger partial charge is 0.435 e. The smallest absolute Gasteiger partial charge is 0.387 e. The van der Waals surface area contributed by atoms with E-state index in [0.29, 0.717) is 0 Å². The van der Waals surface area contributed by atoms with Crippen LogP contribution in [0.5, 0.6) is 11.5 Å². The van der Waals surface area contributed by atoms with Crippen LogP contribution < -0.4 is 20.5 Å². The van der Waals surface area contributed by atoms with E-state index in [4.69, 9.17) is 5.73 Å². The summed E-state index contributed by atoms with van der Waals surface area (Å²) < 4.78 is 58.2. The first kappa shape index (κ1) is 23.5. The van der Waals surface area contributed by atoms with Crippen molar-refractivity contribution < 1.29 is 31.8 Å². The Balaban J connectivity index is 0.00000392. The van der Waals surface area contributed by atoms with Crippen molar-refractivity contribution in [3.05, 3.63) is 54.1 Å². The quantitative estimate of drug-likeness (QED) is 0.610. The Labute approximate surface area is 165 Å². The third-order valence-corrected chi connectivity index (χ3v) is 3.79. The summed E-state index contributed by atoms with van der Waals surface area (Å²) in [5.41, 5.74) is 6.69. The molecule has 2 atom stereocenters. The minimum Gasteiger partial charge on any atom is -0.435 e. The molecule has 0 aliphatic carbocycles. The summed E-state index contributed by atoms with van der Waals surface area (Å²) in [5, 5.41) is 2.43. The van der Waals surface area contributed by atoms with Crippen molar-refractivity contribution >= 4 is 24.0 Å². The monoisotopic (exact) mass is 422 g/mol. The van der Waals surface area contributed by atoms with Gasteiger partial charge >= 0.3 is 13.2 Å². The lowest BCUT2D eigenvalue weighted by molar-refractivity contribution is -0.120. The number of carbonyl (C=O) groups is 1. The topological polar surface area (TPSA) is 73.6 Å². The number of halogens is 5. The summed E-state index contributed by atoms with van der Waals surface area (Å²) in [6.07, 6.45) is 0. The molecule has 0 heterocycles. The van der Waals surface area contributed by atoms with Gasteiger partial charge in [0.15, 0.2) is 5.75 Å². The summed E-state index contributed by atoms with van der Waals surface area (Å²) in [6, 6.07) is 11.3. The molecule has 0 spiro atoms. The number of amides is 1. The number of rotatable bonds is 8. The van der Waals surface area contributed by atoms with E-state index in [2.05, 4.69) is 14.8 Å². The Bertz CT molecular complexity index is 766. The normalized spacial score (nSPS) is 12.9. The highest BCUT2D eigenvalue weighted by Gasteiger charge is 2.24. The van der Waals surface area contributed by atoms with E-state index in [0.717, 1.165) is 23.8 Å². The second-order valence-electron chi connectivity index (χ2n) is 5.63. The van der Waals surface area contributed by atoms with Crippen molar-refractivity contribution in [1.29, 1.82) is 0 Å². The lowest BCUT2D eigenvalue weighted by Crippen LogP contribution is -2.30. The van der Waals surface area contributed by atoms with Crippen molar-refractivity contribution in [3.63, 3.8) is 0 Å². The van der Waals surface area contributed by atoms with Gasteiger partial charge in [0.25, 0.3) is 0 Å². The molecule has 2 aromatic rings. The highest BCUT2D eigenvalue weighted by Crippen LogP contribution is 2.32. The van der Waals surface area contributed by atoms with Crippen LogP contribution in [0.25, 0.3) is 0 Å². The molecule has 0 fully saturated rings. The van der Waals surface area contributed by atoms with Crippen LogP contribution in [-0.4, -0.2) is 19.1 Å².